The van der Waals surface area contributed by atoms with Gasteiger partial charge in [-0.3, -0.25) is 4.79 Å². The molecule has 2 rings (SSSR count). The molecule has 1 saturated heterocycles. The first-order valence-electron chi connectivity index (χ1n) is 6.05. The molecular formula is C12H20N4O. The number of piperidine rings is 1. The van der Waals surface area contributed by atoms with Gasteiger partial charge in [0.05, 0.1) is 6.04 Å². The Balaban J connectivity index is 1.93. The molecule has 0 radical (unpaired) electrons. The van der Waals surface area contributed by atoms with E-state index in [2.05, 4.69) is 17.2 Å². The van der Waals surface area contributed by atoms with Crippen molar-refractivity contribution in [1.29, 1.82) is 0 Å². The van der Waals surface area contributed by atoms with Crippen molar-refractivity contribution in [2.24, 2.45) is 7.05 Å². The van der Waals surface area contributed by atoms with Crippen molar-refractivity contribution in [3.63, 3.8) is 0 Å². The third-order valence-electron chi connectivity index (χ3n) is 3.36. The Bertz CT molecular complexity index is 401. The van der Waals surface area contributed by atoms with E-state index >= 15 is 0 Å². The molecule has 5 nitrogen and oxygen atoms in total. The second-order valence-electron chi connectivity index (χ2n) is 4.79. The normalized spacial score (nSPS) is 22.9. The molecule has 0 saturated carbocycles. The first-order chi connectivity index (χ1) is 8.08. The molecule has 1 aliphatic rings. The third-order valence-corrected chi connectivity index (χ3v) is 3.36. The minimum Gasteiger partial charge on any atom is -0.344 e. The van der Waals surface area contributed by atoms with E-state index in [1.807, 2.05) is 31.1 Å². The van der Waals surface area contributed by atoms with Gasteiger partial charge in [0.25, 0.3) is 0 Å². The maximum absolute atomic E-state index is 11.4. The number of carbonyl (C=O) groups excluding carboxylic acids is 1. The summed E-state index contributed by atoms with van der Waals surface area (Å²) in [6, 6.07) is 0.575. The number of likely N-dealkylation sites (tertiary alicyclic amines) is 1. The van der Waals surface area contributed by atoms with Crippen molar-refractivity contribution in [2.45, 2.75) is 31.8 Å². The molecule has 1 fully saturated rings. The molecule has 0 spiro atoms. The highest BCUT2D eigenvalue weighted by Gasteiger charge is 2.24. The molecule has 1 N–H and O–H groups in total. The average Bonchev–Trinajstić information content (AvgIpc) is 2.70. The minimum absolute atomic E-state index is 0.210. The Labute approximate surface area is 102 Å². The van der Waals surface area contributed by atoms with Crippen LogP contribution in [0.15, 0.2) is 12.4 Å². The van der Waals surface area contributed by atoms with E-state index < -0.39 is 0 Å². The molecule has 1 aliphatic heterocycles. The van der Waals surface area contributed by atoms with E-state index in [1.165, 1.54) is 0 Å². The van der Waals surface area contributed by atoms with Crippen LogP contribution in [-0.2, 0) is 11.8 Å². The fourth-order valence-electron chi connectivity index (χ4n) is 2.37. The van der Waals surface area contributed by atoms with Crippen molar-refractivity contribution in [1.82, 2.24) is 19.8 Å². The van der Waals surface area contributed by atoms with Gasteiger partial charge in [0.2, 0.25) is 5.91 Å². The van der Waals surface area contributed by atoms with Crippen LogP contribution in [0.2, 0.25) is 0 Å². The Morgan fingerprint density at radius 2 is 2.29 bits per heavy atom. The zero-order valence-electron chi connectivity index (χ0n) is 10.7. The van der Waals surface area contributed by atoms with E-state index in [1.54, 1.807) is 4.90 Å². The van der Waals surface area contributed by atoms with Gasteiger partial charge >= 0.3 is 0 Å². The number of aryl methyl sites for hydroxylation is 1. The Morgan fingerprint density at radius 3 is 2.88 bits per heavy atom. The summed E-state index contributed by atoms with van der Waals surface area (Å²) >= 11 is 0. The molecule has 17 heavy (non-hydrogen) atoms. The van der Waals surface area contributed by atoms with Crippen LogP contribution in [0.5, 0.6) is 0 Å². The molecule has 0 aromatic carbocycles. The molecule has 94 valence electrons. The number of hydrogen-bond donors (Lipinski definition) is 1. The Hall–Kier alpha value is -1.36. The zero-order chi connectivity index (χ0) is 12.4. The second-order valence-corrected chi connectivity index (χ2v) is 4.79. The summed E-state index contributed by atoms with van der Waals surface area (Å²) in [5, 5.41) is 3.54. The molecular weight excluding hydrogens is 216 g/mol. The number of carbonyl (C=O) groups is 1. The molecule has 2 atom stereocenters. The first-order valence-corrected chi connectivity index (χ1v) is 6.05. The summed E-state index contributed by atoms with van der Waals surface area (Å²) < 4.78 is 2.02. The predicted octanol–water partition coefficient (Wildman–Crippen LogP) is 0.691. The van der Waals surface area contributed by atoms with E-state index in [9.17, 15) is 4.79 Å². The first kappa shape index (κ1) is 12.1. The third kappa shape index (κ3) is 2.66. The predicted molar refractivity (Wildman–Crippen MR) is 65.4 cm³/mol. The number of amides is 1. The van der Waals surface area contributed by atoms with Gasteiger partial charge in [-0.25, -0.2) is 4.98 Å². The molecule has 1 aromatic rings. The monoisotopic (exact) mass is 236 g/mol. The number of rotatable bonds is 3. The summed E-state index contributed by atoms with van der Waals surface area (Å²) in [4.78, 5) is 17.5. The van der Waals surface area contributed by atoms with Crippen LogP contribution in [0.3, 0.4) is 0 Å². The molecule has 2 unspecified atom stereocenters. The number of imidazole rings is 1. The number of nitrogens with zero attached hydrogens (tertiary/aromatic N) is 3. The van der Waals surface area contributed by atoms with Crippen LogP contribution in [-0.4, -0.2) is 40.0 Å². The number of hydrogen-bond acceptors (Lipinski definition) is 3. The fourth-order valence-corrected chi connectivity index (χ4v) is 2.37. The lowest BCUT2D eigenvalue weighted by Gasteiger charge is -2.32. The molecule has 0 bridgehead atoms. The summed E-state index contributed by atoms with van der Waals surface area (Å²) in [5.74, 6) is 1.28. The van der Waals surface area contributed by atoms with E-state index in [0.717, 1.165) is 18.8 Å². The fraction of sp³-hybridized carbons (Fsp3) is 0.667. The summed E-state index contributed by atoms with van der Waals surface area (Å²) in [6.07, 6.45) is 5.31. The molecule has 1 amide bonds. The number of likely N-dealkylation sites (N-methyl/N-ethyl adjacent to an activating group) is 1. The largest absolute Gasteiger partial charge is 0.344 e. The zero-order valence-corrected chi connectivity index (χ0v) is 10.7. The smallest absolute Gasteiger partial charge is 0.222 e. The van der Waals surface area contributed by atoms with Crippen molar-refractivity contribution >= 4 is 5.91 Å². The standard InChI is InChI=1S/C12H20N4O/c1-9(12-13-6-7-15(12)2)14-10-4-5-11(17)16(3)8-10/h6-7,9-10,14H,4-5,8H2,1-3H3. The quantitative estimate of drug-likeness (QED) is 0.840. The maximum Gasteiger partial charge on any atom is 0.222 e. The lowest BCUT2D eigenvalue weighted by molar-refractivity contribution is -0.132. The topological polar surface area (TPSA) is 50.2 Å². The highest BCUT2D eigenvalue weighted by atomic mass is 16.2. The molecule has 1 aromatic heterocycles. The lowest BCUT2D eigenvalue weighted by atomic mass is 10.0. The average molecular weight is 236 g/mol. The summed E-state index contributed by atoms with van der Waals surface area (Å²) in [5.41, 5.74) is 0. The van der Waals surface area contributed by atoms with Gasteiger partial charge in [-0.2, -0.15) is 0 Å². The van der Waals surface area contributed by atoms with Crippen molar-refractivity contribution < 1.29 is 4.79 Å². The Kier molecular flexibility index (Phi) is 3.47. The SMILES string of the molecule is CC(NC1CCC(=O)N(C)C1)c1nccn1C. The summed E-state index contributed by atoms with van der Waals surface area (Å²) in [7, 11) is 3.86. The van der Waals surface area contributed by atoms with Crippen LogP contribution in [0.1, 0.15) is 31.6 Å². The second kappa shape index (κ2) is 4.87. The van der Waals surface area contributed by atoms with Crippen LogP contribution < -0.4 is 5.32 Å². The van der Waals surface area contributed by atoms with Gasteiger partial charge < -0.3 is 14.8 Å². The van der Waals surface area contributed by atoms with Gasteiger partial charge in [-0.1, -0.05) is 0 Å². The highest BCUT2D eigenvalue weighted by Crippen LogP contribution is 2.15. The number of aromatic nitrogens is 2. The van der Waals surface area contributed by atoms with Crippen molar-refractivity contribution in [2.75, 3.05) is 13.6 Å². The summed E-state index contributed by atoms with van der Waals surface area (Å²) in [6.45, 7) is 2.90. The van der Waals surface area contributed by atoms with Gasteiger partial charge in [0, 0.05) is 45.5 Å². The van der Waals surface area contributed by atoms with Gasteiger partial charge in [0.1, 0.15) is 5.82 Å². The molecule has 0 aliphatic carbocycles. The highest BCUT2D eigenvalue weighted by molar-refractivity contribution is 5.76. The van der Waals surface area contributed by atoms with Crippen LogP contribution in [0, 0.1) is 0 Å². The van der Waals surface area contributed by atoms with Crippen molar-refractivity contribution in [3.8, 4) is 0 Å². The van der Waals surface area contributed by atoms with E-state index in [4.69, 9.17) is 0 Å². The van der Waals surface area contributed by atoms with Crippen LogP contribution in [0.4, 0.5) is 0 Å². The van der Waals surface area contributed by atoms with Gasteiger partial charge in [-0.05, 0) is 13.3 Å². The number of nitrogens with one attached hydrogen (secondary N) is 1. The van der Waals surface area contributed by atoms with Gasteiger partial charge in [0.15, 0.2) is 0 Å². The maximum atomic E-state index is 11.4. The lowest BCUT2D eigenvalue weighted by Crippen LogP contribution is -2.47. The van der Waals surface area contributed by atoms with Crippen LogP contribution >= 0.6 is 0 Å². The van der Waals surface area contributed by atoms with Gasteiger partial charge in [-0.15, -0.1) is 0 Å². The Morgan fingerprint density at radius 1 is 1.53 bits per heavy atom. The van der Waals surface area contributed by atoms with Crippen molar-refractivity contribution in [3.05, 3.63) is 18.2 Å². The molecule has 2 heterocycles. The van der Waals surface area contributed by atoms with E-state index in [0.29, 0.717) is 12.5 Å². The minimum atomic E-state index is 0.210. The van der Waals surface area contributed by atoms with Crippen LogP contribution in [0.25, 0.3) is 0 Å². The molecule has 5 heteroatoms. The van der Waals surface area contributed by atoms with E-state index in [-0.39, 0.29) is 11.9 Å².